The SMILES string of the molecule is CC1(C)O[C@H]2[C@@H]([C@@H]3COC(C)(C)O3)O[C@@H](/[N+]([O-])=C/c3cccnc3)[C@H]2O1. The summed E-state index contributed by atoms with van der Waals surface area (Å²) in [5.74, 6) is -1.48. The normalized spacial score (nSPS) is 38.5. The van der Waals surface area contributed by atoms with Crippen LogP contribution in [-0.2, 0) is 23.7 Å². The molecule has 3 fully saturated rings. The molecular weight excluding hydrogens is 340 g/mol. The van der Waals surface area contributed by atoms with Crippen LogP contribution in [0.15, 0.2) is 24.5 Å². The molecule has 0 unspecified atom stereocenters. The van der Waals surface area contributed by atoms with Crippen LogP contribution in [0.5, 0.6) is 0 Å². The van der Waals surface area contributed by atoms with Crippen LogP contribution in [0, 0.1) is 5.21 Å². The van der Waals surface area contributed by atoms with Gasteiger partial charge in [-0.15, -0.1) is 0 Å². The predicted molar refractivity (Wildman–Crippen MR) is 90.4 cm³/mol. The smallest absolute Gasteiger partial charge is 0.297 e. The second-order valence-electron chi connectivity index (χ2n) is 7.70. The summed E-state index contributed by atoms with van der Waals surface area (Å²) in [6.45, 7) is 7.74. The van der Waals surface area contributed by atoms with Gasteiger partial charge in [0, 0.05) is 12.4 Å². The molecule has 3 saturated heterocycles. The summed E-state index contributed by atoms with van der Waals surface area (Å²) in [7, 11) is 0. The largest absolute Gasteiger partial charge is 0.622 e. The third-order valence-corrected chi connectivity index (χ3v) is 4.67. The fourth-order valence-corrected chi connectivity index (χ4v) is 3.66. The van der Waals surface area contributed by atoms with Crippen LogP contribution in [0.25, 0.3) is 0 Å². The van der Waals surface area contributed by atoms with Crippen LogP contribution in [-0.4, -0.2) is 64.8 Å². The fraction of sp³-hybridized carbons (Fsp3) is 0.667. The molecule has 3 aliphatic heterocycles. The van der Waals surface area contributed by atoms with Crippen LogP contribution < -0.4 is 0 Å². The molecule has 5 atom stereocenters. The molecule has 0 N–H and O–H groups in total. The lowest BCUT2D eigenvalue weighted by atomic mass is 10.1. The molecule has 8 heteroatoms. The molecule has 1 aromatic heterocycles. The number of hydrogen-bond acceptors (Lipinski definition) is 7. The summed E-state index contributed by atoms with van der Waals surface area (Å²) in [4.78, 5) is 4.02. The third-order valence-electron chi connectivity index (χ3n) is 4.67. The van der Waals surface area contributed by atoms with E-state index in [1.54, 1.807) is 24.5 Å². The van der Waals surface area contributed by atoms with E-state index in [9.17, 15) is 5.21 Å². The highest BCUT2D eigenvalue weighted by Gasteiger charge is 2.62. The van der Waals surface area contributed by atoms with Gasteiger partial charge in [-0.2, -0.15) is 4.74 Å². The molecule has 3 aliphatic rings. The average molecular weight is 364 g/mol. The Morgan fingerprint density at radius 3 is 2.54 bits per heavy atom. The highest BCUT2D eigenvalue weighted by atomic mass is 16.8. The summed E-state index contributed by atoms with van der Waals surface area (Å²) in [6, 6.07) is 3.57. The van der Waals surface area contributed by atoms with Crippen molar-refractivity contribution >= 4 is 6.21 Å². The Morgan fingerprint density at radius 2 is 1.88 bits per heavy atom. The summed E-state index contributed by atoms with van der Waals surface area (Å²) < 4.78 is 30.4. The zero-order valence-electron chi connectivity index (χ0n) is 15.3. The van der Waals surface area contributed by atoms with Crippen LogP contribution in [0.1, 0.15) is 33.3 Å². The molecule has 142 valence electrons. The highest BCUT2D eigenvalue weighted by Crippen LogP contribution is 2.42. The first kappa shape index (κ1) is 17.8. The number of hydrogen-bond donors (Lipinski definition) is 0. The van der Waals surface area contributed by atoms with Gasteiger partial charge in [0.1, 0.15) is 18.3 Å². The second-order valence-corrected chi connectivity index (χ2v) is 7.70. The summed E-state index contributed by atoms with van der Waals surface area (Å²) >= 11 is 0. The van der Waals surface area contributed by atoms with Crippen LogP contribution >= 0.6 is 0 Å². The predicted octanol–water partition coefficient (Wildman–Crippen LogP) is 1.41. The number of pyridine rings is 1. The maximum Gasteiger partial charge on any atom is 0.297 e. The van der Waals surface area contributed by atoms with Crippen molar-refractivity contribution in [2.75, 3.05) is 6.61 Å². The molecule has 0 aromatic carbocycles. The molecule has 0 amide bonds. The molecule has 1 aromatic rings. The molecule has 0 spiro atoms. The standard InChI is InChI=1S/C18H24N2O6/c1-17(2)22-10-12(24-17)13-14-15(26-18(3,4)25-14)16(23-13)20(21)9-11-6-5-7-19-8-11/h5-9,12-16H,10H2,1-4H3/b20-9-/t12-,13+,14-,15-,16+/m0/s1. The van der Waals surface area contributed by atoms with Crippen molar-refractivity contribution < 1.29 is 28.4 Å². The van der Waals surface area contributed by atoms with Gasteiger partial charge >= 0.3 is 0 Å². The summed E-state index contributed by atoms with van der Waals surface area (Å²) in [5.41, 5.74) is 0.686. The second kappa shape index (κ2) is 6.24. The van der Waals surface area contributed by atoms with Gasteiger partial charge in [0.15, 0.2) is 23.9 Å². The van der Waals surface area contributed by atoms with Gasteiger partial charge in [-0.25, -0.2) is 0 Å². The molecule has 0 saturated carbocycles. The zero-order valence-corrected chi connectivity index (χ0v) is 15.3. The maximum atomic E-state index is 12.8. The Bertz CT molecular complexity index is 692. The van der Waals surface area contributed by atoms with Crippen molar-refractivity contribution in [2.45, 2.75) is 69.9 Å². The van der Waals surface area contributed by atoms with Crippen molar-refractivity contribution in [2.24, 2.45) is 0 Å². The van der Waals surface area contributed by atoms with Crippen LogP contribution in [0.4, 0.5) is 0 Å². The van der Waals surface area contributed by atoms with Gasteiger partial charge in [-0.1, -0.05) is 0 Å². The Morgan fingerprint density at radius 1 is 1.12 bits per heavy atom. The first-order valence-electron chi connectivity index (χ1n) is 8.77. The maximum absolute atomic E-state index is 12.8. The Labute approximate surface area is 152 Å². The number of aromatic nitrogens is 1. The number of hydroxylamine groups is 1. The van der Waals surface area contributed by atoms with E-state index in [-0.39, 0.29) is 6.10 Å². The lowest BCUT2D eigenvalue weighted by Gasteiger charge is -2.26. The number of fused-ring (bicyclic) bond motifs is 1. The average Bonchev–Trinajstić information content (AvgIpc) is 3.18. The first-order valence-corrected chi connectivity index (χ1v) is 8.77. The van der Waals surface area contributed by atoms with Gasteiger partial charge in [-0.05, 0) is 39.8 Å². The van der Waals surface area contributed by atoms with E-state index < -0.39 is 36.1 Å². The lowest BCUT2D eigenvalue weighted by molar-refractivity contribution is -0.562. The van der Waals surface area contributed by atoms with Crippen molar-refractivity contribution in [3.05, 3.63) is 35.3 Å². The van der Waals surface area contributed by atoms with E-state index in [1.165, 1.54) is 6.21 Å². The Kier molecular flexibility index (Phi) is 4.28. The van der Waals surface area contributed by atoms with E-state index >= 15 is 0 Å². The van der Waals surface area contributed by atoms with Crippen LogP contribution in [0.2, 0.25) is 0 Å². The van der Waals surface area contributed by atoms with E-state index in [4.69, 9.17) is 23.7 Å². The molecular formula is C18H24N2O6. The lowest BCUT2D eigenvalue weighted by Crippen LogP contribution is -2.40. The first-order chi connectivity index (χ1) is 12.2. The topological polar surface area (TPSA) is 85.1 Å². The zero-order chi connectivity index (χ0) is 18.5. The molecule has 0 bridgehead atoms. The Balaban J connectivity index is 1.59. The van der Waals surface area contributed by atoms with Gasteiger partial charge in [0.25, 0.3) is 6.23 Å². The minimum atomic E-state index is -0.834. The van der Waals surface area contributed by atoms with Gasteiger partial charge in [0.05, 0.1) is 12.2 Å². The number of ether oxygens (including phenoxy) is 5. The van der Waals surface area contributed by atoms with E-state index in [0.717, 1.165) is 4.74 Å². The number of rotatable bonds is 3. The monoisotopic (exact) mass is 364 g/mol. The van der Waals surface area contributed by atoms with E-state index in [1.807, 2.05) is 27.7 Å². The van der Waals surface area contributed by atoms with Gasteiger partial charge in [0.2, 0.25) is 0 Å². The van der Waals surface area contributed by atoms with Crippen molar-refractivity contribution in [3.63, 3.8) is 0 Å². The molecule has 0 radical (unpaired) electrons. The fourth-order valence-electron chi connectivity index (χ4n) is 3.66. The molecule has 8 nitrogen and oxygen atoms in total. The minimum absolute atomic E-state index is 0.327. The highest BCUT2D eigenvalue weighted by molar-refractivity contribution is 5.74. The number of nitrogens with zero attached hydrogens (tertiary/aromatic N) is 2. The van der Waals surface area contributed by atoms with Crippen molar-refractivity contribution in [1.29, 1.82) is 0 Å². The van der Waals surface area contributed by atoms with Crippen LogP contribution in [0.3, 0.4) is 0 Å². The molecule has 4 rings (SSSR count). The van der Waals surface area contributed by atoms with Gasteiger partial charge in [-0.3, -0.25) is 4.98 Å². The summed E-state index contributed by atoms with van der Waals surface area (Å²) in [5, 5.41) is 12.8. The van der Waals surface area contributed by atoms with Crippen molar-refractivity contribution in [3.8, 4) is 0 Å². The molecule has 26 heavy (non-hydrogen) atoms. The Hall–Kier alpha value is -1.58. The van der Waals surface area contributed by atoms with E-state index in [2.05, 4.69) is 4.98 Å². The van der Waals surface area contributed by atoms with E-state index in [0.29, 0.717) is 12.2 Å². The quantitative estimate of drug-likeness (QED) is 0.347. The third kappa shape index (κ3) is 3.35. The van der Waals surface area contributed by atoms with Crippen molar-refractivity contribution in [1.82, 2.24) is 4.98 Å². The minimum Gasteiger partial charge on any atom is -0.622 e. The van der Waals surface area contributed by atoms with Gasteiger partial charge < -0.3 is 28.9 Å². The summed E-state index contributed by atoms with van der Waals surface area (Å²) in [6.07, 6.45) is 2.17. The molecule has 0 aliphatic carbocycles. The molecule has 4 heterocycles.